The number of aromatic nitrogens is 2. The fraction of sp³-hybridized carbons (Fsp3) is 0.300. The van der Waals surface area contributed by atoms with E-state index in [0.29, 0.717) is 12.2 Å². The summed E-state index contributed by atoms with van der Waals surface area (Å²) in [5.74, 6) is -0.274. The molecule has 0 radical (unpaired) electrons. The van der Waals surface area contributed by atoms with Gasteiger partial charge in [-0.2, -0.15) is 5.10 Å². The van der Waals surface area contributed by atoms with Crippen molar-refractivity contribution in [1.82, 2.24) is 15.0 Å². The van der Waals surface area contributed by atoms with Crippen LogP contribution in [-0.4, -0.2) is 26.9 Å². The summed E-state index contributed by atoms with van der Waals surface area (Å²) in [5.41, 5.74) is 3.55. The van der Waals surface area contributed by atoms with Crippen LogP contribution < -0.4 is 16.3 Å². The van der Waals surface area contributed by atoms with Gasteiger partial charge in [-0.05, 0) is 56.5 Å². The summed E-state index contributed by atoms with van der Waals surface area (Å²) < 4.78 is 1.62. The number of carbonyl (C=O) groups is 1. The fourth-order valence-electron chi connectivity index (χ4n) is 3.12. The van der Waals surface area contributed by atoms with Gasteiger partial charge in [-0.25, -0.2) is 10.2 Å². The molecule has 0 saturated heterocycles. The van der Waals surface area contributed by atoms with Crippen molar-refractivity contribution in [2.45, 2.75) is 38.6 Å². The zero-order valence-corrected chi connectivity index (χ0v) is 16.7. The van der Waals surface area contributed by atoms with Crippen molar-refractivity contribution in [3.63, 3.8) is 0 Å². The molecular formula is C20H23N5O3S. The highest BCUT2D eigenvalue weighted by Gasteiger charge is 2.12. The summed E-state index contributed by atoms with van der Waals surface area (Å²) in [7, 11) is 0. The Morgan fingerprint density at radius 1 is 1.31 bits per heavy atom. The Kier molecular flexibility index (Phi) is 6.96. The minimum Gasteiger partial charge on any atom is -0.494 e. The van der Waals surface area contributed by atoms with Gasteiger partial charge in [0.1, 0.15) is 5.56 Å². The molecule has 29 heavy (non-hydrogen) atoms. The van der Waals surface area contributed by atoms with E-state index in [1.807, 2.05) is 6.07 Å². The molecule has 1 aromatic heterocycles. The summed E-state index contributed by atoms with van der Waals surface area (Å²) in [6.45, 7) is 0.454. The number of carbonyl (C=O) groups excluding carboxylic acids is 1. The minimum absolute atomic E-state index is 0.0729. The monoisotopic (exact) mass is 413 g/mol. The van der Waals surface area contributed by atoms with Crippen molar-refractivity contribution < 1.29 is 9.90 Å². The molecule has 0 bridgehead atoms. The first-order valence-electron chi connectivity index (χ1n) is 9.43. The number of anilines is 1. The molecule has 1 aliphatic carbocycles. The van der Waals surface area contributed by atoms with E-state index >= 15 is 0 Å². The van der Waals surface area contributed by atoms with Crippen LogP contribution in [-0.2, 0) is 6.54 Å². The fourth-order valence-corrected chi connectivity index (χ4v) is 3.39. The van der Waals surface area contributed by atoms with Crippen molar-refractivity contribution >= 4 is 30.2 Å². The number of nitrogens with one attached hydrogen (secondary N) is 3. The molecule has 2 amide bonds. The predicted octanol–water partition coefficient (Wildman–Crippen LogP) is 3.66. The maximum absolute atomic E-state index is 12.2. The van der Waals surface area contributed by atoms with Gasteiger partial charge in [0.25, 0.3) is 5.56 Å². The zero-order chi connectivity index (χ0) is 20.6. The quantitative estimate of drug-likeness (QED) is 0.251. The Labute approximate surface area is 173 Å². The highest BCUT2D eigenvalue weighted by atomic mass is 32.1. The molecule has 2 aromatic rings. The Bertz CT molecular complexity index is 1040. The van der Waals surface area contributed by atoms with Crippen LogP contribution in [0.5, 0.6) is 5.88 Å². The van der Waals surface area contributed by atoms with E-state index in [1.165, 1.54) is 23.0 Å². The normalized spacial score (nSPS) is 13.9. The lowest BCUT2D eigenvalue weighted by Crippen LogP contribution is -2.25. The van der Waals surface area contributed by atoms with Crippen LogP contribution in [0, 0.1) is 4.77 Å². The second kappa shape index (κ2) is 9.83. The highest BCUT2D eigenvalue weighted by molar-refractivity contribution is 7.71. The van der Waals surface area contributed by atoms with Crippen LogP contribution in [0.15, 0.2) is 51.9 Å². The molecule has 0 saturated carbocycles. The summed E-state index contributed by atoms with van der Waals surface area (Å²) >= 11 is 5.18. The number of hydrazone groups is 1. The third-order valence-corrected chi connectivity index (χ3v) is 4.96. The first-order chi connectivity index (χ1) is 14.0. The molecule has 4 N–H and O–H groups in total. The molecule has 8 nitrogen and oxygen atoms in total. The maximum Gasteiger partial charge on any atom is 0.339 e. The molecule has 152 valence electrons. The van der Waals surface area contributed by atoms with Crippen molar-refractivity contribution in [2.75, 3.05) is 5.32 Å². The van der Waals surface area contributed by atoms with Gasteiger partial charge in [0.15, 0.2) is 4.77 Å². The molecule has 0 unspecified atom stereocenters. The largest absolute Gasteiger partial charge is 0.494 e. The molecule has 0 aliphatic heterocycles. The number of allylic oxidation sites excluding steroid dienone is 2. The molecule has 1 heterocycles. The van der Waals surface area contributed by atoms with Gasteiger partial charge in [-0.3, -0.25) is 14.3 Å². The van der Waals surface area contributed by atoms with Crippen molar-refractivity contribution in [1.29, 1.82) is 0 Å². The molecular weight excluding hydrogens is 390 g/mol. The Hall–Kier alpha value is -3.20. The lowest BCUT2D eigenvalue weighted by molar-refractivity contribution is 0.252. The van der Waals surface area contributed by atoms with Crippen LogP contribution in [0.1, 0.15) is 37.7 Å². The number of H-pyrrole nitrogens is 1. The van der Waals surface area contributed by atoms with Crippen LogP contribution in [0.3, 0.4) is 0 Å². The molecule has 3 rings (SSSR count). The average molecular weight is 414 g/mol. The molecule has 1 aromatic carbocycles. The maximum atomic E-state index is 12.2. The number of hydrogen-bond donors (Lipinski definition) is 4. The number of amides is 2. The number of nitrogens with zero attached hydrogens (tertiary/aromatic N) is 2. The average Bonchev–Trinajstić information content (AvgIpc) is 2.71. The van der Waals surface area contributed by atoms with Gasteiger partial charge in [0, 0.05) is 12.2 Å². The Balaban J connectivity index is 1.69. The SMILES string of the molecule is O=C(N/N=C/c1c(O)n(CCC2=CCCCC2)c(=S)[nH]c1=O)Nc1ccccc1. The molecule has 0 spiro atoms. The molecule has 0 fully saturated rings. The van der Waals surface area contributed by atoms with Gasteiger partial charge in [-0.15, -0.1) is 0 Å². The van der Waals surface area contributed by atoms with Crippen LogP contribution in [0.2, 0.25) is 0 Å². The first-order valence-corrected chi connectivity index (χ1v) is 9.84. The molecule has 0 atom stereocenters. The van der Waals surface area contributed by atoms with E-state index in [0.717, 1.165) is 25.5 Å². The topological polar surface area (TPSA) is 112 Å². The summed E-state index contributed by atoms with van der Waals surface area (Å²) in [6.07, 6.45) is 8.58. The van der Waals surface area contributed by atoms with E-state index in [1.54, 1.807) is 24.3 Å². The number of aromatic hydroxyl groups is 1. The number of benzene rings is 1. The van der Waals surface area contributed by atoms with Crippen LogP contribution >= 0.6 is 12.2 Å². The zero-order valence-electron chi connectivity index (χ0n) is 15.9. The second-order valence-corrected chi connectivity index (χ2v) is 7.08. The number of aromatic amines is 1. The van der Waals surface area contributed by atoms with Crippen LogP contribution in [0.25, 0.3) is 0 Å². The summed E-state index contributed by atoms with van der Waals surface area (Å²) in [6, 6.07) is 8.29. The smallest absolute Gasteiger partial charge is 0.339 e. The second-order valence-electron chi connectivity index (χ2n) is 6.70. The van der Waals surface area contributed by atoms with E-state index in [2.05, 4.69) is 26.9 Å². The number of hydrogen-bond acceptors (Lipinski definition) is 5. The lowest BCUT2D eigenvalue weighted by atomic mass is 9.97. The van der Waals surface area contributed by atoms with Gasteiger partial charge >= 0.3 is 6.03 Å². The van der Waals surface area contributed by atoms with Gasteiger partial charge in [-0.1, -0.05) is 29.8 Å². The van der Waals surface area contributed by atoms with E-state index in [9.17, 15) is 14.7 Å². The van der Waals surface area contributed by atoms with E-state index in [4.69, 9.17) is 12.2 Å². The van der Waals surface area contributed by atoms with Gasteiger partial charge in [0.2, 0.25) is 5.88 Å². The number of para-hydroxylation sites is 1. The third kappa shape index (κ3) is 5.64. The molecule has 1 aliphatic rings. The van der Waals surface area contributed by atoms with Crippen molar-refractivity contribution in [2.24, 2.45) is 5.10 Å². The highest BCUT2D eigenvalue weighted by Crippen LogP contribution is 2.22. The van der Waals surface area contributed by atoms with E-state index in [-0.39, 0.29) is 16.2 Å². The number of urea groups is 1. The first kappa shape index (κ1) is 20.5. The number of rotatable bonds is 6. The summed E-state index contributed by atoms with van der Waals surface area (Å²) in [4.78, 5) is 26.6. The van der Waals surface area contributed by atoms with Gasteiger partial charge < -0.3 is 10.4 Å². The summed E-state index contributed by atoms with van der Waals surface area (Å²) in [5, 5.41) is 16.9. The Morgan fingerprint density at radius 2 is 2.10 bits per heavy atom. The Morgan fingerprint density at radius 3 is 2.83 bits per heavy atom. The molecule has 9 heteroatoms. The minimum atomic E-state index is -0.574. The van der Waals surface area contributed by atoms with Gasteiger partial charge in [0.05, 0.1) is 6.21 Å². The lowest BCUT2D eigenvalue weighted by Gasteiger charge is -2.15. The van der Waals surface area contributed by atoms with Crippen molar-refractivity contribution in [3.05, 3.63) is 62.7 Å². The third-order valence-electron chi connectivity index (χ3n) is 4.64. The van der Waals surface area contributed by atoms with Crippen molar-refractivity contribution in [3.8, 4) is 5.88 Å². The standard InChI is InChI=1S/C20H23N5O3S/c26-17-16(13-21-24-19(28)22-15-9-5-2-6-10-15)18(27)25(20(29)23-17)12-11-14-7-3-1-4-8-14/h2,5-7,9-10,13,27H,1,3-4,8,11-12H2,(H2,22,24,28)(H,23,26,29)/b21-13+. The predicted molar refractivity (Wildman–Crippen MR) is 115 cm³/mol. The van der Waals surface area contributed by atoms with Crippen LogP contribution in [0.4, 0.5) is 10.5 Å². The van der Waals surface area contributed by atoms with E-state index < -0.39 is 11.6 Å².